The molecule has 0 aliphatic heterocycles. The highest BCUT2D eigenvalue weighted by molar-refractivity contribution is 9.10. The minimum atomic E-state index is -0.695. The van der Waals surface area contributed by atoms with Crippen LogP contribution >= 0.6 is 27.5 Å². The normalized spacial score (nSPS) is 11.5. The average molecular weight is 530 g/mol. The highest BCUT2D eigenvalue weighted by atomic mass is 79.9. The molecular weight excluding hydrogens is 504 g/mol. The van der Waals surface area contributed by atoms with Crippen molar-refractivity contribution >= 4 is 39.3 Å². The van der Waals surface area contributed by atoms with E-state index < -0.39 is 6.04 Å². The molecule has 33 heavy (non-hydrogen) atoms. The highest BCUT2D eigenvalue weighted by Crippen LogP contribution is 2.22. The van der Waals surface area contributed by atoms with Gasteiger partial charge >= 0.3 is 0 Å². The minimum absolute atomic E-state index is 0.197. The van der Waals surface area contributed by atoms with Gasteiger partial charge in [0.2, 0.25) is 5.91 Å². The number of hydrogen-bond donors (Lipinski definition) is 1. The molecular formula is C26H26BrClN2O3. The van der Waals surface area contributed by atoms with Crippen LogP contribution in [0.3, 0.4) is 0 Å². The molecule has 3 rings (SSSR count). The van der Waals surface area contributed by atoms with E-state index in [-0.39, 0.29) is 25.0 Å². The Hall–Kier alpha value is -2.83. The van der Waals surface area contributed by atoms with Gasteiger partial charge in [-0.15, -0.1) is 0 Å². The Bertz CT molecular complexity index is 1110. The van der Waals surface area contributed by atoms with Gasteiger partial charge in [-0.05, 0) is 53.9 Å². The van der Waals surface area contributed by atoms with Crippen LogP contribution in [0.5, 0.6) is 5.75 Å². The summed E-state index contributed by atoms with van der Waals surface area (Å²) in [6.45, 7) is 1.95. The zero-order valence-electron chi connectivity index (χ0n) is 18.6. The van der Waals surface area contributed by atoms with Crippen LogP contribution in [0, 0.1) is 6.92 Å². The van der Waals surface area contributed by atoms with Gasteiger partial charge in [0.1, 0.15) is 11.8 Å². The first-order valence-electron chi connectivity index (χ1n) is 10.6. The maximum atomic E-state index is 13.4. The van der Waals surface area contributed by atoms with Crippen molar-refractivity contribution in [1.29, 1.82) is 0 Å². The second kappa shape index (κ2) is 11.9. The van der Waals surface area contributed by atoms with Crippen molar-refractivity contribution in [2.45, 2.75) is 25.9 Å². The van der Waals surface area contributed by atoms with E-state index in [1.807, 2.05) is 61.5 Å². The predicted molar refractivity (Wildman–Crippen MR) is 134 cm³/mol. The lowest BCUT2D eigenvalue weighted by Crippen LogP contribution is -2.51. The van der Waals surface area contributed by atoms with Gasteiger partial charge in [0.05, 0.1) is 0 Å². The number of carbonyl (C=O) groups excluding carboxylic acids is 2. The number of amides is 2. The standard InChI is InChI=1S/C26H26BrClN2O3/c1-18-13-22(11-12-23(18)28)33-17-25(31)30(16-20-9-6-10-21(27)14-20)24(26(32)29-2)15-19-7-4-3-5-8-19/h3-14,24H,15-17H2,1-2H3,(H,29,32)/t24-/m0/s1. The summed E-state index contributed by atoms with van der Waals surface area (Å²) in [6, 6.07) is 21.9. The third-order valence-electron chi connectivity index (χ3n) is 5.25. The number of aryl methyl sites for hydroxylation is 1. The zero-order valence-corrected chi connectivity index (χ0v) is 20.9. The van der Waals surface area contributed by atoms with Crippen LogP contribution in [0.1, 0.15) is 16.7 Å². The molecule has 0 aliphatic carbocycles. The molecule has 3 aromatic carbocycles. The summed E-state index contributed by atoms with van der Waals surface area (Å²) in [5.41, 5.74) is 2.73. The largest absolute Gasteiger partial charge is 0.484 e. The van der Waals surface area contributed by atoms with Crippen molar-refractivity contribution < 1.29 is 14.3 Å². The van der Waals surface area contributed by atoms with Gasteiger partial charge in [0.25, 0.3) is 5.91 Å². The zero-order chi connectivity index (χ0) is 23.8. The molecule has 1 N–H and O–H groups in total. The molecule has 172 valence electrons. The lowest BCUT2D eigenvalue weighted by atomic mass is 10.0. The van der Waals surface area contributed by atoms with E-state index >= 15 is 0 Å². The summed E-state index contributed by atoms with van der Waals surface area (Å²) in [7, 11) is 1.58. The molecule has 3 aromatic rings. The molecule has 2 amide bonds. The molecule has 0 fully saturated rings. The van der Waals surface area contributed by atoms with Crippen LogP contribution in [0.4, 0.5) is 0 Å². The fourth-order valence-corrected chi connectivity index (χ4v) is 4.05. The number of nitrogens with one attached hydrogen (secondary N) is 1. The van der Waals surface area contributed by atoms with Gasteiger partial charge in [0.15, 0.2) is 6.61 Å². The predicted octanol–water partition coefficient (Wildman–Crippen LogP) is 5.18. The highest BCUT2D eigenvalue weighted by Gasteiger charge is 2.30. The third-order valence-corrected chi connectivity index (χ3v) is 6.17. The molecule has 0 aromatic heterocycles. The third kappa shape index (κ3) is 7.07. The monoisotopic (exact) mass is 528 g/mol. The average Bonchev–Trinajstić information content (AvgIpc) is 2.82. The molecule has 0 aliphatic rings. The molecule has 7 heteroatoms. The van der Waals surface area contributed by atoms with Crippen LogP contribution in [0.2, 0.25) is 5.02 Å². The van der Waals surface area contributed by atoms with Gasteiger partial charge in [-0.2, -0.15) is 0 Å². The van der Waals surface area contributed by atoms with Gasteiger partial charge < -0.3 is 15.0 Å². The maximum absolute atomic E-state index is 13.4. The van der Waals surface area contributed by atoms with Gasteiger partial charge in [-0.1, -0.05) is 70.0 Å². The van der Waals surface area contributed by atoms with E-state index in [2.05, 4.69) is 21.2 Å². The van der Waals surface area contributed by atoms with E-state index in [4.69, 9.17) is 16.3 Å². The first-order chi connectivity index (χ1) is 15.9. The molecule has 1 atom stereocenters. The molecule has 5 nitrogen and oxygen atoms in total. The smallest absolute Gasteiger partial charge is 0.261 e. The first kappa shape index (κ1) is 24.8. The molecule has 0 saturated carbocycles. The lowest BCUT2D eigenvalue weighted by molar-refractivity contribution is -0.142. The number of ether oxygens (including phenoxy) is 1. The number of rotatable bonds is 9. The Morgan fingerprint density at radius 1 is 1.03 bits per heavy atom. The Kier molecular flexibility index (Phi) is 8.92. The second-order valence-electron chi connectivity index (χ2n) is 7.67. The van der Waals surface area contributed by atoms with Gasteiger partial charge in [-0.25, -0.2) is 0 Å². The Morgan fingerprint density at radius 2 is 1.76 bits per heavy atom. The quantitative estimate of drug-likeness (QED) is 0.416. The lowest BCUT2D eigenvalue weighted by Gasteiger charge is -2.31. The van der Waals surface area contributed by atoms with Crippen molar-refractivity contribution in [3.05, 3.63) is 99.0 Å². The minimum Gasteiger partial charge on any atom is -0.484 e. The van der Waals surface area contributed by atoms with Crippen molar-refractivity contribution in [2.24, 2.45) is 0 Å². The van der Waals surface area contributed by atoms with E-state index in [0.717, 1.165) is 21.2 Å². The molecule has 0 spiro atoms. The van der Waals surface area contributed by atoms with Crippen molar-refractivity contribution in [2.75, 3.05) is 13.7 Å². The van der Waals surface area contributed by atoms with E-state index in [9.17, 15) is 9.59 Å². The molecule has 0 radical (unpaired) electrons. The number of likely N-dealkylation sites (N-methyl/N-ethyl adjacent to an activating group) is 1. The Labute approximate surface area is 207 Å². The summed E-state index contributed by atoms with van der Waals surface area (Å²) in [4.78, 5) is 27.9. The summed E-state index contributed by atoms with van der Waals surface area (Å²) < 4.78 is 6.67. The number of hydrogen-bond acceptors (Lipinski definition) is 3. The van der Waals surface area contributed by atoms with Crippen LogP contribution in [-0.2, 0) is 22.6 Å². The summed E-state index contributed by atoms with van der Waals surface area (Å²) in [6.07, 6.45) is 0.389. The molecule has 0 bridgehead atoms. The van der Waals surface area contributed by atoms with Crippen molar-refractivity contribution in [1.82, 2.24) is 10.2 Å². The fraction of sp³-hybridized carbons (Fsp3) is 0.231. The van der Waals surface area contributed by atoms with Crippen LogP contribution < -0.4 is 10.1 Å². The first-order valence-corrected chi connectivity index (χ1v) is 11.7. The van der Waals surface area contributed by atoms with E-state index in [1.165, 1.54) is 0 Å². The van der Waals surface area contributed by atoms with Crippen molar-refractivity contribution in [3.63, 3.8) is 0 Å². The van der Waals surface area contributed by atoms with Gasteiger partial charge in [-0.3, -0.25) is 9.59 Å². The maximum Gasteiger partial charge on any atom is 0.261 e. The topological polar surface area (TPSA) is 58.6 Å². The van der Waals surface area contributed by atoms with Gasteiger partial charge in [0, 0.05) is 29.5 Å². The molecule has 0 saturated heterocycles. The number of benzene rings is 3. The Balaban J connectivity index is 1.87. The number of halogens is 2. The summed E-state index contributed by atoms with van der Waals surface area (Å²) >= 11 is 9.57. The van der Waals surface area contributed by atoms with Crippen molar-refractivity contribution in [3.8, 4) is 5.75 Å². The molecule has 0 heterocycles. The van der Waals surface area contributed by atoms with Crippen LogP contribution in [-0.4, -0.2) is 36.4 Å². The SMILES string of the molecule is CNC(=O)[C@H](Cc1ccccc1)N(Cc1cccc(Br)c1)C(=O)COc1ccc(Cl)c(C)c1. The van der Waals surface area contributed by atoms with E-state index in [0.29, 0.717) is 17.2 Å². The van der Waals surface area contributed by atoms with Crippen LogP contribution in [0.15, 0.2) is 77.3 Å². The summed E-state index contributed by atoms with van der Waals surface area (Å²) in [5.74, 6) is 0.0313. The second-order valence-corrected chi connectivity index (χ2v) is 8.99. The van der Waals surface area contributed by atoms with Crippen LogP contribution in [0.25, 0.3) is 0 Å². The van der Waals surface area contributed by atoms with E-state index in [1.54, 1.807) is 30.1 Å². The number of nitrogens with zero attached hydrogens (tertiary/aromatic N) is 1. The summed E-state index contributed by atoms with van der Waals surface area (Å²) in [5, 5.41) is 3.34. The Morgan fingerprint density at radius 3 is 2.42 bits per heavy atom. The number of carbonyl (C=O) groups is 2. The fourth-order valence-electron chi connectivity index (χ4n) is 3.49. The molecule has 0 unspecified atom stereocenters.